The van der Waals surface area contributed by atoms with Crippen molar-refractivity contribution in [3.05, 3.63) is 0 Å². The van der Waals surface area contributed by atoms with E-state index in [0.29, 0.717) is 0 Å². The Morgan fingerprint density at radius 2 is 1.85 bits per heavy atom. The molecule has 0 aromatic heterocycles. The number of carbonyl (C=O) groups excluding carboxylic acids is 1. The van der Waals surface area contributed by atoms with Gasteiger partial charge in [0, 0.05) is 6.04 Å². The third-order valence-corrected chi connectivity index (χ3v) is 2.21. The van der Waals surface area contributed by atoms with Crippen LogP contribution in [0.5, 0.6) is 0 Å². The lowest BCUT2D eigenvalue weighted by molar-refractivity contribution is -0.206. The van der Waals surface area contributed by atoms with Crippen LogP contribution >= 0.6 is 0 Å². The van der Waals surface area contributed by atoms with Crippen molar-refractivity contribution < 1.29 is 18.7 Å². The van der Waals surface area contributed by atoms with Gasteiger partial charge in [-0.15, -0.1) is 0 Å². The molecule has 1 amide bonds. The predicted molar refractivity (Wildman–Crippen MR) is 42.2 cm³/mol. The van der Waals surface area contributed by atoms with E-state index in [1.54, 1.807) is 0 Å². The zero-order chi connectivity index (χ0) is 9.90. The fourth-order valence-corrected chi connectivity index (χ4v) is 1.52. The molecule has 0 unspecified atom stereocenters. The van der Waals surface area contributed by atoms with Gasteiger partial charge in [0.15, 0.2) is 0 Å². The van der Waals surface area contributed by atoms with Crippen LogP contribution in [0.4, 0.5) is 8.78 Å². The first-order valence-electron chi connectivity index (χ1n) is 4.41. The summed E-state index contributed by atoms with van der Waals surface area (Å²) in [5, 5.41) is 10.2. The molecule has 1 fully saturated rings. The topological polar surface area (TPSA) is 49.3 Å². The van der Waals surface area contributed by atoms with Crippen molar-refractivity contribution in [2.75, 3.05) is 0 Å². The summed E-state index contributed by atoms with van der Waals surface area (Å²) in [6.07, 6.45) is 0.187. The highest BCUT2D eigenvalue weighted by Gasteiger charge is 2.36. The van der Waals surface area contributed by atoms with E-state index in [9.17, 15) is 13.6 Å². The third-order valence-electron chi connectivity index (χ3n) is 2.21. The van der Waals surface area contributed by atoms with E-state index in [4.69, 9.17) is 5.11 Å². The highest BCUT2D eigenvalue weighted by atomic mass is 19.3. The van der Waals surface area contributed by atoms with Crippen LogP contribution in [-0.4, -0.2) is 23.2 Å². The highest BCUT2D eigenvalue weighted by Crippen LogP contribution is 2.18. The first kappa shape index (κ1) is 10.4. The second-order valence-electron chi connectivity index (χ2n) is 3.35. The van der Waals surface area contributed by atoms with Gasteiger partial charge in [0.2, 0.25) is 0 Å². The Bertz CT molecular complexity index is 185. The lowest BCUT2D eigenvalue weighted by Gasteiger charge is -2.23. The molecule has 0 aromatic carbocycles. The first-order valence-corrected chi connectivity index (χ1v) is 4.41. The van der Waals surface area contributed by atoms with Gasteiger partial charge < -0.3 is 10.4 Å². The van der Waals surface area contributed by atoms with E-state index in [1.165, 1.54) is 0 Å². The SMILES string of the molecule is O=C(NC1CCCCC1)C(O)(F)F. The summed E-state index contributed by atoms with van der Waals surface area (Å²) in [6.45, 7) is 0. The minimum absolute atomic E-state index is 0.195. The minimum atomic E-state index is -4.24. The molecule has 5 heteroatoms. The zero-order valence-electron chi connectivity index (χ0n) is 7.22. The molecule has 1 aliphatic rings. The molecule has 0 spiro atoms. The molecule has 0 bridgehead atoms. The van der Waals surface area contributed by atoms with E-state index < -0.39 is 12.0 Å². The Balaban J connectivity index is 2.35. The molecule has 2 N–H and O–H groups in total. The molecule has 3 nitrogen and oxygen atoms in total. The van der Waals surface area contributed by atoms with Crippen molar-refractivity contribution in [1.29, 1.82) is 0 Å². The smallest absolute Gasteiger partial charge is 0.346 e. The molecule has 13 heavy (non-hydrogen) atoms. The quantitative estimate of drug-likeness (QED) is 0.687. The summed E-state index contributed by atoms with van der Waals surface area (Å²) >= 11 is 0. The Morgan fingerprint density at radius 3 is 2.31 bits per heavy atom. The summed E-state index contributed by atoms with van der Waals surface area (Å²) in [4.78, 5) is 10.6. The van der Waals surface area contributed by atoms with Crippen LogP contribution in [0.25, 0.3) is 0 Å². The lowest BCUT2D eigenvalue weighted by Crippen LogP contribution is -2.45. The summed E-state index contributed by atoms with van der Waals surface area (Å²) in [5.41, 5.74) is 0. The molecular formula is C8H13F2NO2. The van der Waals surface area contributed by atoms with Gasteiger partial charge in [-0.1, -0.05) is 19.3 Å². The Hall–Kier alpha value is -0.710. The number of hydrogen-bond acceptors (Lipinski definition) is 2. The maximum Gasteiger partial charge on any atom is 0.434 e. The van der Waals surface area contributed by atoms with Crippen molar-refractivity contribution in [3.8, 4) is 0 Å². The molecule has 0 heterocycles. The number of rotatable bonds is 2. The van der Waals surface area contributed by atoms with Crippen molar-refractivity contribution in [1.82, 2.24) is 5.32 Å². The van der Waals surface area contributed by atoms with Crippen molar-refractivity contribution in [2.24, 2.45) is 0 Å². The Labute approximate surface area is 75.1 Å². The highest BCUT2D eigenvalue weighted by molar-refractivity contribution is 5.81. The van der Waals surface area contributed by atoms with Crippen molar-refractivity contribution >= 4 is 5.91 Å². The fourth-order valence-electron chi connectivity index (χ4n) is 1.52. The van der Waals surface area contributed by atoms with Gasteiger partial charge >= 0.3 is 12.0 Å². The van der Waals surface area contributed by atoms with E-state index >= 15 is 0 Å². The van der Waals surface area contributed by atoms with Crippen LogP contribution in [0.3, 0.4) is 0 Å². The van der Waals surface area contributed by atoms with Crippen molar-refractivity contribution in [2.45, 2.75) is 44.3 Å². The number of halogens is 2. The van der Waals surface area contributed by atoms with Gasteiger partial charge in [-0.05, 0) is 12.8 Å². The van der Waals surface area contributed by atoms with Gasteiger partial charge in [-0.25, -0.2) is 0 Å². The van der Waals surface area contributed by atoms with Crippen LogP contribution in [0.1, 0.15) is 32.1 Å². The van der Waals surface area contributed by atoms with E-state index in [-0.39, 0.29) is 6.04 Å². The largest absolute Gasteiger partial charge is 0.434 e. The Morgan fingerprint density at radius 1 is 1.31 bits per heavy atom. The van der Waals surface area contributed by atoms with Crippen LogP contribution in [0, 0.1) is 0 Å². The second kappa shape index (κ2) is 4.00. The number of aliphatic hydroxyl groups is 1. The van der Waals surface area contributed by atoms with Gasteiger partial charge in [0.05, 0.1) is 0 Å². The monoisotopic (exact) mass is 193 g/mol. The number of amides is 1. The molecular weight excluding hydrogens is 180 g/mol. The molecule has 0 radical (unpaired) electrons. The molecule has 0 aromatic rings. The van der Waals surface area contributed by atoms with Gasteiger partial charge in [-0.2, -0.15) is 8.78 Å². The van der Waals surface area contributed by atoms with Gasteiger partial charge in [0.1, 0.15) is 0 Å². The zero-order valence-corrected chi connectivity index (χ0v) is 7.22. The molecule has 0 aliphatic heterocycles. The average Bonchev–Trinajstić information content (AvgIpc) is 2.04. The molecule has 1 rings (SSSR count). The number of carbonyl (C=O) groups is 1. The number of nitrogens with one attached hydrogen (secondary N) is 1. The summed E-state index contributed by atoms with van der Waals surface area (Å²) < 4.78 is 24.0. The second-order valence-corrected chi connectivity index (χ2v) is 3.35. The normalized spacial score (nSPS) is 19.9. The van der Waals surface area contributed by atoms with Crippen molar-refractivity contribution in [3.63, 3.8) is 0 Å². The van der Waals surface area contributed by atoms with Crippen LogP contribution in [-0.2, 0) is 4.79 Å². The van der Waals surface area contributed by atoms with Gasteiger partial charge in [-0.3, -0.25) is 4.79 Å². The fraction of sp³-hybridized carbons (Fsp3) is 0.875. The van der Waals surface area contributed by atoms with E-state index in [2.05, 4.69) is 5.32 Å². The Kier molecular flexibility index (Phi) is 3.19. The minimum Gasteiger partial charge on any atom is -0.346 e. The van der Waals surface area contributed by atoms with E-state index in [0.717, 1.165) is 32.1 Å². The van der Waals surface area contributed by atoms with Crippen LogP contribution in [0.15, 0.2) is 0 Å². The van der Waals surface area contributed by atoms with Crippen LogP contribution in [0.2, 0.25) is 0 Å². The van der Waals surface area contributed by atoms with E-state index in [1.807, 2.05) is 0 Å². The lowest BCUT2D eigenvalue weighted by atomic mass is 9.95. The van der Waals surface area contributed by atoms with Crippen LogP contribution < -0.4 is 5.32 Å². The molecule has 0 atom stereocenters. The number of hydrogen-bond donors (Lipinski definition) is 2. The molecule has 1 aliphatic carbocycles. The first-order chi connectivity index (χ1) is 6.00. The predicted octanol–water partition coefficient (Wildman–Crippen LogP) is 1.02. The molecule has 76 valence electrons. The summed E-state index contributed by atoms with van der Waals surface area (Å²) in [7, 11) is 0. The number of alkyl halides is 2. The maximum absolute atomic E-state index is 12.0. The summed E-state index contributed by atoms with van der Waals surface area (Å²) in [5.74, 6) is -1.58. The molecule has 1 saturated carbocycles. The molecule has 0 saturated heterocycles. The third kappa shape index (κ3) is 3.26. The average molecular weight is 193 g/mol. The standard InChI is InChI=1S/C8H13F2NO2/c9-8(10,13)7(12)11-6-4-2-1-3-5-6/h6,13H,1-5H2,(H,11,12). The maximum atomic E-state index is 12.0. The summed E-state index contributed by atoms with van der Waals surface area (Å²) in [6, 6.07) is -0.195. The van der Waals surface area contributed by atoms with Gasteiger partial charge in [0.25, 0.3) is 0 Å².